The molecule has 0 bridgehead atoms. The maximum Gasteiger partial charge on any atom is 0.251 e. The van der Waals surface area contributed by atoms with E-state index in [1.165, 1.54) is 18.5 Å². The molecule has 1 N–H and O–H groups in total. The lowest BCUT2D eigenvalue weighted by Gasteiger charge is -2.25. The van der Waals surface area contributed by atoms with Crippen LogP contribution >= 0.6 is 11.3 Å². The van der Waals surface area contributed by atoms with Gasteiger partial charge >= 0.3 is 0 Å². The van der Waals surface area contributed by atoms with Gasteiger partial charge in [-0.3, -0.25) is 9.69 Å². The fourth-order valence-electron chi connectivity index (χ4n) is 3.55. The first kappa shape index (κ1) is 18.4. The van der Waals surface area contributed by atoms with Crippen molar-refractivity contribution in [3.05, 3.63) is 45.9 Å². The summed E-state index contributed by atoms with van der Waals surface area (Å²) in [5, 5.41) is 6.01. The summed E-state index contributed by atoms with van der Waals surface area (Å²) in [6.07, 6.45) is 2.51. The number of carbonyl (C=O) groups is 1. The minimum Gasteiger partial charge on any atom is -0.379 e. The molecule has 6 nitrogen and oxygen atoms in total. The summed E-state index contributed by atoms with van der Waals surface area (Å²) in [6, 6.07) is 7.91. The fourth-order valence-corrected chi connectivity index (χ4v) is 4.27. The number of thiazole rings is 1. The molecule has 2 fully saturated rings. The summed E-state index contributed by atoms with van der Waals surface area (Å²) in [7, 11) is 0. The number of nitrogens with zero attached hydrogens (tertiary/aromatic N) is 3. The van der Waals surface area contributed by atoms with Gasteiger partial charge in [-0.15, -0.1) is 11.3 Å². The maximum atomic E-state index is 12.4. The summed E-state index contributed by atoms with van der Waals surface area (Å²) in [6.45, 7) is 7.05. The average molecular weight is 387 g/mol. The maximum absolute atomic E-state index is 12.4. The van der Waals surface area contributed by atoms with Crippen LogP contribution in [0.4, 0.5) is 5.69 Å². The Morgan fingerprint density at radius 3 is 2.59 bits per heavy atom. The molecule has 1 aromatic carbocycles. The zero-order valence-corrected chi connectivity index (χ0v) is 16.3. The van der Waals surface area contributed by atoms with E-state index in [-0.39, 0.29) is 5.91 Å². The highest BCUT2D eigenvalue weighted by molar-refractivity contribution is 7.09. The van der Waals surface area contributed by atoms with Crippen molar-refractivity contribution in [2.45, 2.75) is 25.9 Å². The van der Waals surface area contributed by atoms with Crippen LogP contribution in [0, 0.1) is 0 Å². The van der Waals surface area contributed by atoms with Crippen molar-refractivity contribution in [2.75, 3.05) is 44.3 Å². The van der Waals surface area contributed by atoms with Gasteiger partial charge in [-0.1, -0.05) is 0 Å². The molecule has 144 valence electrons. The third kappa shape index (κ3) is 4.86. The number of morpholine rings is 1. The Balaban J connectivity index is 1.27. The Bertz CT molecular complexity index is 750. The van der Waals surface area contributed by atoms with Gasteiger partial charge in [0.05, 0.1) is 25.5 Å². The molecule has 0 unspecified atom stereocenters. The molecular formula is C20H26N4O2S. The van der Waals surface area contributed by atoms with E-state index in [2.05, 4.69) is 25.5 Å². The van der Waals surface area contributed by atoms with E-state index >= 15 is 0 Å². The standard InChI is InChI=1S/C20H26N4O2S/c25-20(16-3-5-18(6-4-16)24-7-1-2-8-24)21-13-19-22-17(15-27-19)14-23-9-11-26-12-10-23/h3-6,15H,1-2,7-14H2,(H,21,25). The van der Waals surface area contributed by atoms with Crippen LogP contribution in [0.5, 0.6) is 0 Å². The summed E-state index contributed by atoms with van der Waals surface area (Å²) in [4.78, 5) is 21.8. The van der Waals surface area contributed by atoms with E-state index in [1.54, 1.807) is 11.3 Å². The first-order valence-electron chi connectivity index (χ1n) is 9.64. The van der Waals surface area contributed by atoms with Crippen LogP contribution in [0.2, 0.25) is 0 Å². The second-order valence-corrected chi connectivity index (χ2v) is 7.99. The summed E-state index contributed by atoms with van der Waals surface area (Å²) in [5.74, 6) is -0.0482. The van der Waals surface area contributed by atoms with Crippen LogP contribution in [0.3, 0.4) is 0 Å². The highest BCUT2D eigenvalue weighted by Gasteiger charge is 2.14. The van der Waals surface area contributed by atoms with Crippen LogP contribution in [0.15, 0.2) is 29.6 Å². The fraction of sp³-hybridized carbons (Fsp3) is 0.500. The number of amides is 1. The Kier molecular flexibility index (Phi) is 6.01. The highest BCUT2D eigenvalue weighted by Crippen LogP contribution is 2.20. The van der Waals surface area contributed by atoms with E-state index in [0.717, 1.165) is 56.6 Å². The zero-order chi connectivity index (χ0) is 18.5. The predicted octanol–water partition coefficient (Wildman–Crippen LogP) is 2.51. The molecule has 4 rings (SSSR count). The molecule has 2 aliphatic heterocycles. The number of carbonyl (C=O) groups excluding carboxylic acids is 1. The number of benzene rings is 1. The molecule has 7 heteroatoms. The predicted molar refractivity (Wildman–Crippen MR) is 107 cm³/mol. The number of rotatable bonds is 6. The lowest BCUT2D eigenvalue weighted by Crippen LogP contribution is -2.35. The van der Waals surface area contributed by atoms with Gasteiger partial charge in [0.15, 0.2) is 0 Å². The van der Waals surface area contributed by atoms with Crippen molar-refractivity contribution in [3.63, 3.8) is 0 Å². The lowest BCUT2D eigenvalue weighted by atomic mass is 10.2. The van der Waals surface area contributed by atoms with Crippen LogP contribution in [-0.2, 0) is 17.8 Å². The third-order valence-electron chi connectivity index (χ3n) is 5.09. The lowest BCUT2D eigenvalue weighted by molar-refractivity contribution is 0.0337. The van der Waals surface area contributed by atoms with Crippen molar-refractivity contribution in [1.82, 2.24) is 15.2 Å². The monoisotopic (exact) mass is 386 g/mol. The molecular weight excluding hydrogens is 360 g/mol. The van der Waals surface area contributed by atoms with E-state index in [0.29, 0.717) is 12.1 Å². The Morgan fingerprint density at radius 1 is 1.11 bits per heavy atom. The van der Waals surface area contributed by atoms with Crippen LogP contribution < -0.4 is 10.2 Å². The van der Waals surface area contributed by atoms with Crippen molar-refractivity contribution in [3.8, 4) is 0 Å². The molecule has 3 heterocycles. The molecule has 0 atom stereocenters. The molecule has 2 aromatic rings. The molecule has 2 saturated heterocycles. The summed E-state index contributed by atoms with van der Waals surface area (Å²) >= 11 is 1.60. The van der Waals surface area contributed by atoms with Gasteiger partial charge in [0.25, 0.3) is 5.91 Å². The van der Waals surface area contributed by atoms with Crippen LogP contribution in [-0.4, -0.2) is 55.2 Å². The van der Waals surface area contributed by atoms with Gasteiger partial charge < -0.3 is 15.0 Å². The molecule has 0 aliphatic carbocycles. The van der Waals surface area contributed by atoms with Gasteiger partial charge in [-0.25, -0.2) is 4.98 Å². The molecule has 0 radical (unpaired) electrons. The van der Waals surface area contributed by atoms with Crippen molar-refractivity contribution < 1.29 is 9.53 Å². The number of ether oxygens (including phenoxy) is 1. The molecule has 0 spiro atoms. The average Bonchev–Trinajstić information content (AvgIpc) is 3.39. The largest absolute Gasteiger partial charge is 0.379 e. The first-order valence-corrected chi connectivity index (χ1v) is 10.5. The first-order chi connectivity index (χ1) is 13.3. The normalized spacial score (nSPS) is 18.0. The number of anilines is 1. The molecule has 2 aliphatic rings. The van der Waals surface area contributed by atoms with Gasteiger partial charge in [-0.05, 0) is 37.1 Å². The minimum atomic E-state index is -0.0482. The topological polar surface area (TPSA) is 57.7 Å². The van der Waals surface area contributed by atoms with Gasteiger partial charge in [0.1, 0.15) is 5.01 Å². The molecule has 1 aromatic heterocycles. The number of aromatic nitrogens is 1. The zero-order valence-electron chi connectivity index (χ0n) is 15.5. The molecule has 0 saturated carbocycles. The van der Waals surface area contributed by atoms with E-state index < -0.39 is 0 Å². The van der Waals surface area contributed by atoms with Crippen LogP contribution in [0.25, 0.3) is 0 Å². The summed E-state index contributed by atoms with van der Waals surface area (Å²) < 4.78 is 5.38. The number of hydrogen-bond acceptors (Lipinski definition) is 6. The van der Waals surface area contributed by atoms with E-state index in [1.807, 2.05) is 24.3 Å². The van der Waals surface area contributed by atoms with Crippen molar-refractivity contribution in [1.29, 1.82) is 0 Å². The van der Waals surface area contributed by atoms with Gasteiger partial charge in [0, 0.05) is 49.4 Å². The minimum absolute atomic E-state index is 0.0482. The van der Waals surface area contributed by atoms with Gasteiger partial charge in [0.2, 0.25) is 0 Å². The Hall–Kier alpha value is -1.96. The smallest absolute Gasteiger partial charge is 0.251 e. The van der Waals surface area contributed by atoms with E-state index in [9.17, 15) is 4.79 Å². The summed E-state index contributed by atoms with van der Waals surface area (Å²) in [5.41, 5.74) is 2.97. The van der Waals surface area contributed by atoms with Gasteiger partial charge in [-0.2, -0.15) is 0 Å². The van der Waals surface area contributed by atoms with Crippen LogP contribution in [0.1, 0.15) is 33.9 Å². The number of hydrogen-bond donors (Lipinski definition) is 1. The molecule has 27 heavy (non-hydrogen) atoms. The highest BCUT2D eigenvalue weighted by atomic mass is 32.1. The second kappa shape index (κ2) is 8.82. The third-order valence-corrected chi connectivity index (χ3v) is 5.99. The Morgan fingerprint density at radius 2 is 1.85 bits per heavy atom. The second-order valence-electron chi connectivity index (χ2n) is 7.04. The number of nitrogens with one attached hydrogen (secondary N) is 1. The molecule has 1 amide bonds. The van der Waals surface area contributed by atoms with Crippen molar-refractivity contribution in [2.24, 2.45) is 0 Å². The quantitative estimate of drug-likeness (QED) is 0.827. The van der Waals surface area contributed by atoms with Crippen molar-refractivity contribution >= 4 is 22.9 Å². The Labute approximate surface area is 164 Å². The SMILES string of the molecule is O=C(NCc1nc(CN2CCOCC2)cs1)c1ccc(N2CCCC2)cc1. The van der Waals surface area contributed by atoms with E-state index in [4.69, 9.17) is 4.74 Å².